The molecule has 0 aromatic heterocycles. The first kappa shape index (κ1) is 32.1. The van der Waals surface area contributed by atoms with Crippen LogP contribution in [-0.2, 0) is 16.6 Å². The van der Waals surface area contributed by atoms with Crippen LogP contribution in [0.25, 0.3) is 0 Å². The van der Waals surface area contributed by atoms with Crippen molar-refractivity contribution in [1.29, 1.82) is 0 Å². The van der Waals surface area contributed by atoms with Crippen LogP contribution in [0.1, 0.15) is 52.4 Å². The van der Waals surface area contributed by atoms with E-state index in [4.69, 9.17) is 0 Å². The van der Waals surface area contributed by atoms with Gasteiger partial charge in [0.05, 0.1) is 0 Å². The Balaban J connectivity index is 1.89. The van der Waals surface area contributed by atoms with Crippen LogP contribution in [0.15, 0.2) is 68.5 Å². The summed E-state index contributed by atoms with van der Waals surface area (Å²) in [5, 5.41) is 6.22. The first-order valence-corrected chi connectivity index (χ1v) is 19.7. The summed E-state index contributed by atoms with van der Waals surface area (Å²) >= 11 is -1.54. The molecule has 0 saturated carbocycles. The minimum atomic E-state index is -4.81. The molecule has 220 valence electrons. The molecule has 4 rings (SSSR count). The minimum absolute atomic E-state index is 0.154. The van der Waals surface area contributed by atoms with Gasteiger partial charge in [0.1, 0.15) is 0 Å². The van der Waals surface area contributed by atoms with Crippen molar-refractivity contribution in [1.82, 2.24) is 0 Å². The summed E-state index contributed by atoms with van der Waals surface area (Å²) in [6, 6.07) is 5.27. The molecule has 0 radical (unpaired) electrons. The summed E-state index contributed by atoms with van der Waals surface area (Å²) < 4.78 is 66.6. The fourth-order valence-electron chi connectivity index (χ4n) is 5.38. The number of anilines is 2. The fourth-order valence-corrected chi connectivity index (χ4v) is 15.4. The number of hydrogen-bond acceptors (Lipinski definition) is 4. The molecule has 0 atom stereocenters. The van der Waals surface area contributed by atoms with Gasteiger partial charge in [-0.3, -0.25) is 0 Å². The Morgan fingerprint density at radius 2 is 1.12 bits per heavy atom. The van der Waals surface area contributed by atoms with Crippen LogP contribution in [0.2, 0.25) is 0 Å². The molecule has 0 fully saturated rings. The predicted molar refractivity (Wildman–Crippen MR) is 167 cm³/mol. The Hall–Kier alpha value is -1.87. The third kappa shape index (κ3) is 7.03. The molecule has 2 aromatic carbocycles. The molecular weight excluding hydrogens is 600 g/mol. The Morgan fingerprint density at radius 1 is 0.683 bits per heavy atom. The number of hydrogen-bond donors (Lipinski definition) is 2. The van der Waals surface area contributed by atoms with Gasteiger partial charge in [-0.25, -0.2) is 0 Å². The van der Waals surface area contributed by atoms with Crippen LogP contribution in [-0.4, -0.2) is 23.3 Å². The molecule has 2 N–H and O–H groups in total. The van der Waals surface area contributed by atoms with Gasteiger partial charge in [0.15, 0.2) is 0 Å². The van der Waals surface area contributed by atoms with Crippen LogP contribution in [0.3, 0.4) is 0 Å². The summed E-state index contributed by atoms with van der Waals surface area (Å²) in [5.41, 5.74) is 0.307. The van der Waals surface area contributed by atoms with Crippen LogP contribution < -0.4 is 18.4 Å². The quantitative estimate of drug-likeness (QED) is 0.0831. The summed E-state index contributed by atoms with van der Waals surface area (Å²) in [7, 11) is 0. The van der Waals surface area contributed by atoms with Crippen molar-refractivity contribution in [3.05, 3.63) is 91.7 Å². The molecular formula is C32H38F4N2S2Ti. The van der Waals surface area contributed by atoms with Crippen molar-refractivity contribution in [3.8, 4) is 0 Å². The van der Waals surface area contributed by atoms with E-state index in [2.05, 4.69) is 24.5 Å². The van der Waals surface area contributed by atoms with Gasteiger partial charge in [0.2, 0.25) is 0 Å². The van der Waals surface area contributed by atoms with Crippen LogP contribution in [0, 0.1) is 23.3 Å². The second-order valence-corrected chi connectivity index (χ2v) is 18.3. The number of allylic oxidation sites excluding steroid dienone is 8. The van der Waals surface area contributed by atoms with E-state index < -0.39 is 39.9 Å². The van der Waals surface area contributed by atoms with E-state index in [9.17, 15) is 0 Å². The van der Waals surface area contributed by atoms with E-state index in [-0.39, 0.29) is 19.1 Å². The van der Waals surface area contributed by atoms with Gasteiger partial charge in [0, 0.05) is 0 Å². The zero-order valence-electron chi connectivity index (χ0n) is 23.7. The number of rotatable bonds is 16. The molecule has 0 amide bonds. The average molecular weight is 639 g/mol. The average Bonchev–Trinajstić information content (AvgIpc) is 3.70. The van der Waals surface area contributed by atoms with Crippen LogP contribution in [0.4, 0.5) is 28.9 Å². The van der Waals surface area contributed by atoms with Gasteiger partial charge < -0.3 is 0 Å². The third-order valence-corrected chi connectivity index (χ3v) is 17.2. The van der Waals surface area contributed by atoms with Gasteiger partial charge in [-0.15, -0.1) is 0 Å². The fraction of sp³-hybridized carbons (Fsp3) is 0.375. The molecule has 2 aromatic rings. The van der Waals surface area contributed by atoms with Gasteiger partial charge in [-0.1, -0.05) is 0 Å². The zero-order chi connectivity index (χ0) is 29.2. The predicted octanol–water partition coefficient (Wildman–Crippen LogP) is 8.84. The molecule has 9 heteroatoms. The van der Waals surface area contributed by atoms with Crippen molar-refractivity contribution in [2.24, 2.45) is 0 Å². The van der Waals surface area contributed by atoms with Gasteiger partial charge in [0.25, 0.3) is 0 Å². The summed E-state index contributed by atoms with van der Waals surface area (Å²) in [5.74, 6) is -0.291. The number of nitrogens with one attached hydrogen (secondary N) is 2. The van der Waals surface area contributed by atoms with E-state index in [1.807, 2.05) is 36.5 Å². The van der Waals surface area contributed by atoms with E-state index >= 15 is 17.6 Å². The molecule has 0 unspecified atom stereocenters. The van der Waals surface area contributed by atoms with Crippen molar-refractivity contribution in [3.63, 3.8) is 0 Å². The monoisotopic (exact) mass is 638 g/mol. The van der Waals surface area contributed by atoms with Crippen molar-refractivity contribution in [2.75, 3.05) is 33.9 Å². The molecule has 0 aliphatic heterocycles. The molecule has 0 heterocycles. The first-order chi connectivity index (χ1) is 20.0. The van der Waals surface area contributed by atoms with Crippen LogP contribution in [0.5, 0.6) is 0 Å². The number of thioether (sulfide) groups is 2. The number of unbranched alkanes of at least 4 members (excludes halogenated alkanes) is 2. The molecule has 0 saturated heterocycles. The molecule has 0 spiro atoms. The number of halogens is 4. The number of benzene rings is 2. The normalized spacial score (nSPS) is 14.5. The Labute approximate surface area is 253 Å². The van der Waals surface area contributed by atoms with E-state index in [0.29, 0.717) is 32.4 Å². The molecule has 2 aliphatic carbocycles. The Bertz CT molecular complexity index is 1240. The second-order valence-electron chi connectivity index (χ2n) is 10.1. The van der Waals surface area contributed by atoms with Gasteiger partial charge in [-0.2, -0.15) is 0 Å². The Kier molecular flexibility index (Phi) is 12.2. The molecule has 2 aliphatic rings. The Morgan fingerprint density at radius 3 is 1.49 bits per heavy atom. The topological polar surface area (TPSA) is 24.1 Å². The van der Waals surface area contributed by atoms with Gasteiger partial charge >= 0.3 is 255 Å². The summed E-state index contributed by atoms with van der Waals surface area (Å²) in [6.45, 7) is 4.22. The molecule has 41 heavy (non-hydrogen) atoms. The first-order valence-electron chi connectivity index (χ1n) is 14.3. The SMILES string of the molecule is CCCCSCNc1ccc(F)[c]([Ti]([C]2=CC=CC2)([C]2=CC=CC2)[c]2c(F)ccc(NCSCCCC)c2F)c1F. The molecule has 2 nitrogen and oxygen atoms in total. The summed E-state index contributed by atoms with van der Waals surface area (Å²) in [6.07, 6.45) is 16.1. The van der Waals surface area contributed by atoms with E-state index in [1.54, 1.807) is 23.5 Å². The van der Waals surface area contributed by atoms with Crippen molar-refractivity contribution in [2.45, 2.75) is 52.4 Å². The maximum atomic E-state index is 16.7. The molecule has 0 bridgehead atoms. The summed E-state index contributed by atoms with van der Waals surface area (Å²) in [4.78, 5) is 0. The maximum absolute atomic E-state index is 16.7. The van der Waals surface area contributed by atoms with E-state index in [0.717, 1.165) is 37.2 Å². The standard InChI is InChI=1S/2C11H14F2NS.2C5H5.Ti/c2*1-2-3-6-15-8-14-11-5-4-9(12)7-10(11)13;2*1-2-4-5-3-1;/h2*4-5,14H,2-3,6,8H2,1H3;2*1-3H,4H2;. The van der Waals surface area contributed by atoms with Gasteiger partial charge in [-0.05, 0) is 0 Å². The van der Waals surface area contributed by atoms with E-state index in [1.165, 1.54) is 24.3 Å². The van der Waals surface area contributed by atoms with Crippen molar-refractivity contribution >= 4 is 42.6 Å². The van der Waals surface area contributed by atoms with Crippen LogP contribution >= 0.6 is 23.5 Å². The second kappa shape index (κ2) is 15.6. The van der Waals surface area contributed by atoms with Crippen molar-refractivity contribution < 1.29 is 34.2 Å². The third-order valence-electron chi connectivity index (χ3n) is 7.45. The zero-order valence-corrected chi connectivity index (χ0v) is 26.9.